The average Bonchev–Trinajstić information content (AvgIpc) is 3.99. The number of esters is 1. The highest BCUT2D eigenvalue weighted by Gasteiger charge is 2.52. The summed E-state index contributed by atoms with van der Waals surface area (Å²) in [6, 6.07) is 7.09. The number of likely N-dealkylation sites (N-methyl/N-ethyl adjacent to an activating group) is 1. The molecule has 0 radical (unpaired) electrons. The van der Waals surface area contributed by atoms with Gasteiger partial charge in [-0.1, -0.05) is 40.3 Å². The summed E-state index contributed by atoms with van der Waals surface area (Å²) in [6.07, 6.45) is 5.14. The molecule has 5 amide bonds. The van der Waals surface area contributed by atoms with Gasteiger partial charge in [0.1, 0.15) is 18.1 Å². The van der Waals surface area contributed by atoms with Crippen LogP contribution >= 0.6 is 11.3 Å². The molecule has 6 atom stereocenters. The van der Waals surface area contributed by atoms with Crippen LogP contribution in [-0.2, 0) is 48.0 Å². The first-order valence-electron chi connectivity index (χ1n) is 23.1. The van der Waals surface area contributed by atoms with E-state index in [2.05, 4.69) is 66.9 Å². The second-order valence-corrected chi connectivity index (χ2v) is 20.1. The lowest BCUT2D eigenvalue weighted by Gasteiger charge is -2.48. The lowest BCUT2D eigenvalue weighted by Crippen LogP contribution is -2.68. The zero-order valence-electron chi connectivity index (χ0n) is 39.3. The number of methoxy groups -OCH3 is 1. The summed E-state index contributed by atoms with van der Waals surface area (Å²) in [5.41, 5.74) is 9.27. The Morgan fingerprint density at radius 3 is 2.64 bits per heavy atom. The van der Waals surface area contributed by atoms with Crippen molar-refractivity contribution >= 4 is 52.0 Å². The van der Waals surface area contributed by atoms with E-state index in [-0.39, 0.29) is 49.1 Å². The number of hydrogen-bond donors (Lipinski definition) is 2. The predicted molar refractivity (Wildman–Crippen MR) is 252 cm³/mol. The number of benzene rings is 1. The fourth-order valence-electron chi connectivity index (χ4n) is 10.3. The van der Waals surface area contributed by atoms with Crippen LogP contribution in [0.3, 0.4) is 0 Å². The molecule has 352 valence electrons. The van der Waals surface area contributed by atoms with Crippen molar-refractivity contribution in [3.05, 3.63) is 70.8 Å². The van der Waals surface area contributed by atoms with Gasteiger partial charge in [-0.25, -0.2) is 15.2 Å². The van der Waals surface area contributed by atoms with Gasteiger partial charge in [0.25, 0.3) is 5.91 Å². The molecule has 4 aliphatic rings. The third kappa shape index (κ3) is 8.84. The van der Waals surface area contributed by atoms with E-state index < -0.39 is 41.3 Å². The normalized spacial score (nSPS) is 22.8. The highest BCUT2D eigenvalue weighted by Crippen LogP contribution is 2.42. The first-order chi connectivity index (χ1) is 31.5. The second kappa shape index (κ2) is 18.9. The van der Waals surface area contributed by atoms with E-state index in [4.69, 9.17) is 19.4 Å². The molecule has 0 saturated carbocycles. The molecule has 4 aromatic rings. The van der Waals surface area contributed by atoms with Crippen molar-refractivity contribution in [2.45, 2.75) is 117 Å². The molecule has 1 aromatic carbocycles. The number of urea groups is 1. The van der Waals surface area contributed by atoms with Gasteiger partial charge in [0.15, 0.2) is 0 Å². The van der Waals surface area contributed by atoms with Crippen LogP contribution in [0.2, 0.25) is 0 Å². The zero-order chi connectivity index (χ0) is 47.2. The largest absolute Gasteiger partial charge is 0.464 e. The molecule has 3 saturated heterocycles. The number of aromatic nitrogens is 3. The predicted octanol–water partition coefficient (Wildman–Crippen LogP) is 5.75. The van der Waals surface area contributed by atoms with Gasteiger partial charge in [-0.3, -0.25) is 29.2 Å². The average molecular weight is 922 g/mol. The quantitative estimate of drug-likeness (QED) is 0.156. The van der Waals surface area contributed by atoms with Gasteiger partial charge in [-0.15, -0.1) is 11.3 Å². The van der Waals surface area contributed by atoms with Crippen LogP contribution in [0.4, 0.5) is 4.79 Å². The summed E-state index contributed by atoms with van der Waals surface area (Å²) >= 11 is 1.41. The molecule has 6 bridgehead atoms. The number of likely N-dealkylation sites (tertiary alicyclic amines) is 2. The molecule has 3 fully saturated rings. The standard InChI is InChI=1S/C49H63N9O7S/c1-10-41(59)56-21-18-38-39(56)25-57(38)48(63)54(8)43(28(3)4)45(60)52-35-23-40-51-36(26-66-40)30-16-17-37-32(22-30)33(44(55(37)11-2)31-14-12-19-50-42(31)29(5)64-9)24-49(6,7)27-65-47(62)34-15-13-20-58(53-34)46(35)61/h10,12,14,16-17,19,22,26,28-29,34-35,38-39,43,53H,1,11,13,15,18,20-21,23-25,27H2,2-9H3,(H,52,60)/t29-,34-,35-,38-,39-,43?/m0/s1. The van der Waals surface area contributed by atoms with Gasteiger partial charge < -0.3 is 34.1 Å². The Bertz CT molecular complexity index is 2530. The van der Waals surface area contributed by atoms with Crippen molar-refractivity contribution in [1.29, 1.82) is 0 Å². The monoisotopic (exact) mass is 921 g/mol. The number of fused-ring (bicyclic) bond motifs is 7. The number of thiazole rings is 1. The van der Waals surface area contributed by atoms with Gasteiger partial charge in [-0.05, 0) is 81.4 Å². The summed E-state index contributed by atoms with van der Waals surface area (Å²) in [5.74, 6) is -1.82. The number of aryl methyl sites for hydroxylation is 1. The number of carbonyl (C=O) groups is 5. The number of cyclic esters (lactones) is 1. The lowest BCUT2D eigenvalue weighted by atomic mass is 9.84. The van der Waals surface area contributed by atoms with E-state index in [0.29, 0.717) is 56.9 Å². The highest BCUT2D eigenvalue weighted by molar-refractivity contribution is 7.10. The molecule has 66 heavy (non-hydrogen) atoms. The second-order valence-electron chi connectivity index (χ2n) is 19.2. The summed E-state index contributed by atoms with van der Waals surface area (Å²) in [5, 5.41) is 8.12. The fraction of sp³-hybridized carbons (Fsp3) is 0.531. The van der Waals surface area contributed by atoms with Crippen LogP contribution in [0.15, 0.2) is 54.6 Å². The van der Waals surface area contributed by atoms with E-state index in [0.717, 1.165) is 44.7 Å². The van der Waals surface area contributed by atoms with E-state index in [1.165, 1.54) is 27.3 Å². The smallest absolute Gasteiger partial charge is 0.324 e. The third-order valence-electron chi connectivity index (χ3n) is 13.8. The van der Waals surface area contributed by atoms with Crippen molar-refractivity contribution in [2.24, 2.45) is 11.3 Å². The van der Waals surface area contributed by atoms with Crippen LogP contribution in [0.5, 0.6) is 0 Å². The number of pyridine rings is 1. The number of nitrogens with zero attached hydrogens (tertiary/aromatic N) is 7. The first kappa shape index (κ1) is 46.9. The minimum atomic E-state index is -1.08. The summed E-state index contributed by atoms with van der Waals surface area (Å²) in [4.78, 5) is 84.3. The van der Waals surface area contributed by atoms with E-state index in [1.54, 1.807) is 30.2 Å². The minimum absolute atomic E-state index is 0.0770. The number of rotatable bonds is 9. The van der Waals surface area contributed by atoms with Gasteiger partial charge >= 0.3 is 12.0 Å². The maximum absolute atomic E-state index is 14.6. The maximum Gasteiger partial charge on any atom is 0.324 e. The van der Waals surface area contributed by atoms with Crippen LogP contribution in [0.1, 0.15) is 83.2 Å². The summed E-state index contributed by atoms with van der Waals surface area (Å²) in [6.45, 7) is 17.7. The van der Waals surface area contributed by atoms with Crippen LogP contribution in [0.25, 0.3) is 33.4 Å². The summed E-state index contributed by atoms with van der Waals surface area (Å²) in [7, 11) is 3.29. The van der Waals surface area contributed by atoms with Crippen molar-refractivity contribution in [3.8, 4) is 22.5 Å². The molecule has 17 heteroatoms. The van der Waals surface area contributed by atoms with E-state index in [1.807, 2.05) is 32.2 Å². The SMILES string of the molecule is C=CC(=O)N1CC[C@H]2[C@@H]1CN2C(=O)N(C)C(C(=O)N[C@H]1Cc2nc(cs2)-c2ccc3c(c2)c(c(-c2cccnc2[C@H](C)OC)n3CC)CC(C)(C)COC(=O)[C@@H]2CCCN(N2)C1=O)C(C)C. The Balaban J connectivity index is 1.14. The number of hydrazine groups is 1. The van der Waals surface area contributed by atoms with Crippen LogP contribution < -0.4 is 10.7 Å². The molecule has 7 heterocycles. The molecule has 0 aliphatic carbocycles. The number of amides is 5. The molecule has 2 N–H and O–H groups in total. The highest BCUT2D eigenvalue weighted by atomic mass is 32.1. The molecular formula is C49H63N9O7S. The Hall–Kier alpha value is -5.65. The molecule has 0 spiro atoms. The van der Waals surface area contributed by atoms with Crippen LogP contribution in [-0.4, -0.2) is 135 Å². The van der Waals surface area contributed by atoms with E-state index >= 15 is 0 Å². The molecule has 16 nitrogen and oxygen atoms in total. The molecule has 8 rings (SSSR count). The van der Waals surface area contributed by atoms with Crippen molar-refractivity contribution in [1.82, 2.24) is 45.0 Å². The molecule has 1 unspecified atom stereocenters. The van der Waals surface area contributed by atoms with Gasteiger partial charge in [0.2, 0.25) is 11.8 Å². The molecule has 4 aliphatic heterocycles. The number of hydrogen-bond acceptors (Lipinski definition) is 11. The van der Waals surface area contributed by atoms with Gasteiger partial charge in [0, 0.05) is 85.8 Å². The van der Waals surface area contributed by atoms with Crippen molar-refractivity contribution in [3.63, 3.8) is 0 Å². The first-order valence-corrected chi connectivity index (χ1v) is 24.0. The number of nitrogens with one attached hydrogen (secondary N) is 2. The third-order valence-corrected chi connectivity index (χ3v) is 14.6. The van der Waals surface area contributed by atoms with Crippen molar-refractivity contribution in [2.75, 3.05) is 40.4 Å². The minimum Gasteiger partial charge on any atom is -0.464 e. The van der Waals surface area contributed by atoms with Gasteiger partial charge in [0.05, 0.1) is 46.9 Å². The summed E-state index contributed by atoms with van der Waals surface area (Å²) < 4.78 is 14.2. The Kier molecular flexibility index (Phi) is 13.4. The Morgan fingerprint density at radius 1 is 1.12 bits per heavy atom. The zero-order valence-corrected chi connectivity index (χ0v) is 40.2. The van der Waals surface area contributed by atoms with Crippen LogP contribution in [0, 0.1) is 11.3 Å². The number of ether oxygens (including phenoxy) is 2. The fourth-order valence-corrected chi connectivity index (χ4v) is 11.1. The maximum atomic E-state index is 14.6. The Labute approximate surface area is 390 Å². The number of carbonyl (C=O) groups excluding carboxylic acids is 5. The molecule has 3 aromatic heterocycles. The molecular weight excluding hydrogens is 859 g/mol. The van der Waals surface area contributed by atoms with Crippen molar-refractivity contribution < 1.29 is 33.4 Å². The lowest BCUT2D eigenvalue weighted by molar-refractivity contribution is -0.155. The van der Waals surface area contributed by atoms with E-state index in [9.17, 15) is 24.0 Å². The topological polar surface area (TPSA) is 172 Å². The van der Waals surface area contributed by atoms with Gasteiger partial charge in [-0.2, -0.15) is 0 Å². The Morgan fingerprint density at radius 2 is 1.91 bits per heavy atom.